The van der Waals surface area contributed by atoms with Crippen LogP contribution < -0.4 is 16.4 Å². The number of anilines is 1. The second-order valence-corrected chi connectivity index (χ2v) is 5.46. The SMILES string of the molecule is NC(N)=NN=Cc1ccc(N2CCC3(CC2)OCCO3)cc1. The highest BCUT2D eigenvalue weighted by Crippen LogP contribution is 2.33. The molecule has 0 atom stereocenters. The van der Waals surface area contributed by atoms with Gasteiger partial charge < -0.3 is 25.8 Å². The average Bonchev–Trinajstić information content (AvgIpc) is 2.97. The number of nitrogens with two attached hydrogens (primary N) is 2. The van der Waals surface area contributed by atoms with E-state index in [1.165, 1.54) is 5.69 Å². The van der Waals surface area contributed by atoms with Gasteiger partial charge in [0.05, 0.1) is 19.4 Å². The highest BCUT2D eigenvalue weighted by atomic mass is 16.7. The molecule has 0 amide bonds. The van der Waals surface area contributed by atoms with Crippen LogP contribution >= 0.6 is 0 Å². The number of ether oxygens (including phenoxy) is 2. The Labute approximate surface area is 129 Å². The molecule has 0 unspecified atom stereocenters. The molecule has 1 aromatic rings. The van der Waals surface area contributed by atoms with Crippen LogP contribution in [0.5, 0.6) is 0 Å². The van der Waals surface area contributed by atoms with Crippen molar-refractivity contribution in [2.45, 2.75) is 18.6 Å². The fraction of sp³-hybridized carbons (Fsp3) is 0.467. The first-order chi connectivity index (χ1) is 10.7. The standard InChI is InChI=1S/C15H21N5O2/c16-14(17)19-18-11-12-1-3-13(4-2-12)20-7-5-15(6-8-20)21-9-10-22-15/h1-4,11H,5-10H2,(H4,16,17,19). The highest BCUT2D eigenvalue weighted by Gasteiger charge is 2.39. The number of rotatable bonds is 3. The Hall–Kier alpha value is -2.12. The molecule has 0 saturated carbocycles. The summed E-state index contributed by atoms with van der Waals surface area (Å²) in [6.07, 6.45) is 3.43. The van der Waals surface area contributed by atoms with Gasteiger partial charge in [-0.1, -0.05) is 12.1 Å². The largest absolute Gasteiger partial charge is 0.371 e. The summed E-state index contributed by atoms with van der Waals surface area (Å²) < 4.78 is 11.5. The van der Waals surface area contributed by atoms with E-state index >= 15 is 0 Å². The van der Waals surface area contributed by atoms with Crippen molar-refractivity contribution in [1.82, 2.24) is 0 Å². The lowest BCUT2D eigenvalue weighted by molar-refractivity contribution is -0.169. The summed E-state index contributed by atoms with van der Waals surface area (Å²) in [4.78, 5) is 2.34. The number of piperidine rings is 1. The zero-order valence-electron chi connectivity index (χ0n) is 12.4. The predicted octanol–water partition coefficient (Wildman–Crippen LogP) is 0.637. The van der Waals surface area contributed by atoms with E-state index in [1.54, 1.807) is 6.21 Å². The molecule has 2 saturated heterocycles. The van der Waals surface area contributed by atoms with E-state index in [4.69, 9.17) is 20.9 Å². The zero-order valence-corrected chi connectivity index (χ0v) is 12.4. The van der Waals surface area contributed by atoms with Crippen LogP contribution in [0.1, 0.15) is 18.4 Å². The molecular weight excluding hydrogens is 282 g/mol. The van der Waals surface area contributed by atoms with E-state index in [2.05, 4.69) is 27.2 Å². The molecular formula is C15H21N5O2. The van der Waals surface area contributed by atoms with E-state index in [9.17, 15) is 0 Å². The molecule has 2 fully saturated rings. The van der Waals surface area contributed by atoms with Gasteiger partial charge in [0.1, 0.15) is 0 Å². The summed E-state index contributed by atoms with van der Waals surface area (Å²) in [5.41, 5.74) is 12.6. The van der Waals surface area contributed by atoms with Crippen LogP contribution in [-0.4, -0.2) is 44.3 Å². The van der Waals surface area contributed by atoms with Gasteiger partial charge in [-0.15, -0.1) is 5.10 Å². The third-order valence-electron chi connectivity index (χ3n) is 3.98. The van der Waals surface area contributed by atoms with E-state index in [1.807, 2.05) is 12.1 Å². The quantitative estimate of drug-likeness (QED) is 0.485. The van der Waals surface area contributed by atoms with Crippen molar-refractivity contribution in [1.29, 1.82) is 0 Å². The lowest BCUT2D eigenvalue weighted by Crippen LogP contribution is -2.45. The molecule has 0 aliphatic carbocycles. The second-order valence-electron chi connectivity index (χ2n) is 5.46. The Morgan fingerprint density at radius 3 is 2.32 bits per heavy atom. The Bertz CT molecular complexity index is 550. The van der Waals surface area contributed by atoms with Crippen LogP contribution in [-0.2, 0) is 9.47 Å². The van der Waals surface area contributed by atoms with Gasteiger partial charge in [-0.2, -0.15) is 5.10 Å². The molecule has 0 radical (unpaired) electrons. The summed E-state index contributed by atoms with van der Waals surface area (Å²) in [7, 11) is 0. The topological polar surface area (TPSA) is 98.5 Å². The summed E-state index contributed by atoms with van der Waals surface area (Å²) in [5.74, 6) is -0.380. The molecule has 2 aliphatic rings. The summed E-state index contributed by atoms with van der Waals surface area (Å²) >= 11 is 0. The number of guanidine groups is 1. The summed E-state index contributed by atoms with van der Waals surface area (Å²) in [6, 6.07) is 8.14. The van der Waals surface area contributed by atoms with Crippen LogP contribution in [0, 0.1) is 0 Å². The Morgan fingerprint density at radius 1 is 1.09 bits per heavy atom. The van der Waals surface area contributed by atoms with Crippen LogP contribution in [0.4, 0.5) is 5.69 Å². The normalized spacial score (nSPS) is 20.6. The van der Waals surface area contributed by atoms with E-state index < -0.39 is 0 Å². The zero-order chi connectivity index (χ0) is 15.4. The van der Waals surface area contributed by atoms with Crippen molar-refractivity contribution in [3.63, 3.8) is 0 Å². The van der Waals surface area contributed by atoms with Gasteiger partial charge in [-0.25, -0.2) is 0 Å². The molecule has 1 aromatic carbocycles. The Morgan fingerprint density at radius 2 is 1.73 bits per heavy atom. The van der Waals surface area contributed by atoms with Crippen LogP contribution in [0.25, 0.3) is 0 Å². The van der Waals surface area contributed by atoms with Gasteiger partial charge in [0.25, 0.3) is 0 Å². The number of hydrogen-bond acceptors (Lipinski definition) is 5. The Kier molecular flexibility index (Phi) is 4.26. The van der Waals surface area contributed by atoms with Crippen molar-refractivity contribution in [2.75, 3.05) is 31.2 Å². The molecule has 7 nitrogen and oxygen atoms in total. The van der Waals surface area contributed by atoms with Crippen molar-refractivity contribution in [3.8, 4) is 0 Å². The highest BCUT2D eigenvalue weighted by molar-refractivity contribution is 5.82. The minimum Gasteiger partial charge on any atom is -0.371 e. The predicted molar refractivity (Wildman–Crippen MR) is 85.9 cm³/mol. The molecule has 2 aliphatic heterocycles. The average molecular weight is 303 g/mol. The lowest BCUT2D eigenvalue weighted by atomic mass is 10.0. The van der Waals surface area contributed by atoms with Gasteiger partial charge in [-0.05, 0) is 17.7 Å². The molecule has 7 heteroatoms. The molecule has 22 heavy (non-hydrogen) atoms. The lowest BCUT2D eigenvalue weighted by Gasteiger charge is -2.38. The Balaban J connectivity index is 1.59. The summed E-state index contributed by atoms with van der Waals surface area (Å²) in [6.45, 7) is 3.29. The fourth-order valence-corrected chi connectivity index (χ4v) is 2.82. The fourth-order valence-electron chi connectivity index (χ4n) is 2.82. The van der Waals surface area contributed by atoms with Crippen molar-refractivity contribution < 1.29 is 9.47 Å². The van der Waals surface area contributed by atoms with Gasteiger partial charge >= 0.3 is 0 Å². The maximum Gasteiger partial charge on any atom is 0.211 e. The molecule has 118 valence electrons. The number of hydrogen-bond donors (Lipinski definition) is 2. The number of nitrogens with zero attached hydrogens (tertiary/aromatic N) is 3. The van der Waals surface area contributed by atoms with Crippen molar-refractivity contribution in [2.24, 2.45) is 21.7 Å². The maximum absolute atomic E-state index is 5.75. The van der Waals surface area contributed by atoms with Crippen LogP contribution in [0.3, 0.4) is 0 Å². The first-order valence-electron chi connectivity index (χ1n) is 7.42. The van der Waals surface area contributed by atoms with E-state index in [0.717, 1.165) is 31.5 Å². The van der Waals surface area contributed by atoms with Gasteiger partial charge in [-0.3, -0.25) is 0 Å². The minimum absolute atomic E-state index is 0.0496. The van der Waals surface area contributed by atoms with Crippen molar-refractivity contribution >= 4 is 17.9 Å². The molecule has 3 rings (SSSR count). The second kappa shape index (κ2) is 6.33. The van der Waals surface area contributed by atoms with Gasteiger partial charge in [0.15, 0.2) is 5.79 Å². The molecule has 0 aromatic heterocycles. The molecule has 0 bridgehead atoms. The minimum atomic E-state index is -0.330. The monoisotopic (exact) mass is 303 g/mol. The smallest absolute Gasteiger partial charge is 0.211 e. The van der Waals surface area contributed by atoms with Crippen LogP contribution in [0.15, 0.2) is 34.5 Å². The maximum atomic E-state index is 5.75. The third kappa shape index (κ3) is 3.37. The van der Waals surface area contributed by atoms with Gasteiger partial charge in [0, 0.05) is 31.6 Å². The van der Waals surface area contributed by atoms with E-state index in [-0.39, 0.29) is 11.7 Å². The molecule has 1 spiro atoms. The van der Waals surface area contributed by atoms with Crippen LogP contribution in [0.2, 0.25) is 0 Å². The van der Waals surface area contributed by atoms with Gasteiger partial charge in [0.2, 0.25) is 5.96 Å². The molecule has 2 heterocycles. The van der Waals surface area contributed by atoms with E-state index in [0.29, 0.717) is 13.2 Å². The molecule has 4 N–H and O–H groups in total. The van der Waals surface area contributed by atoms with Crippen molar-refractivity contribution in [3.05, 3.63) is 29.8 Å². The first kappa shape index (κ1) is 14.8. The first-order valence-corrected chi connectivity index (χ1v) is 7.42. The summed E-state index contributed by atoms with van der Waals surface area (Å²) in [5, 5.41) is 7.37. The third-order valence-corrected chi connectivity index (χ3v) is 3.98. The number of benzene rings is 1.